The van der Waals surface area contributed by atoms with E-state index in [1.54, 1.807) is 0 Å². The Kier molecular flexibility index (Phi) is 4.29. The maximum atomic E-state index is 13.0. The van der Waals surface area contributed by atoms with Crippen molar-refractivity contribution < 1.29 is 28.2 Å². The topological polar surface area (TPSA) is 75.6 Å². The number of halogens is 2. The summed E-state index contributed by atoms with van der Waals surface area (Å²) < 4.78 is 30.8. The van der Waals surface area contributed by atoms with Crippen molar-refractivity contribution >= 4 is 11.9 Å². The van der Waals surface area contributed by atoms with Crippen LogP contribution in [-0.2, 0) is 20.9 Å². The summed E-state index contributed by atoms with van der Waals surface area (Å²) in [5.41, 5.74) is 0.407. The smallest absolute Gasteiger partial charge is 0.332 e. The van der Waals surface area contributed by atoms with Crippen LogP contribution in [0.1, 0.15) is 18.4 Å². The molecule has 0 unspecified atom stereocenters. The molecule has 108 valence electrons. The minimum atomic E-state index is -1.10. The van der Waals surface area contributed by atoms with E-state index < -0.39 is 35.7 Å². The second-order valence-electron chi connectivity index (χ2n) is 4.50. The highest BCUT2D eigenvalue weighted by molar-refractivity contribution is 5.82. The summed E-state index contributed by atoms with van der Waals surface area (Å²) in [6.07, 6.45) is -1.19. The van der Waals surface area contributed by atoms with E-state index in [1.165, 1.54) is 6.07 Å². The number of carbonyl (C=O) groups is 2. The van der Waals surface area contributed by atoms with Crippen molar-refractivity contribution in [1.82, 2.24) is 5.32 Å². The third-order valence-corrected chi connectivity index (χ3v) is 3.04. The van der Waals surface area contributed by atoms with Crippen LogP contribution in [0.25, 0.3) is 0 Å². The van der Waals surface area contributed by atoms with Gasteiger partial charge in [0.1, 0.15) is 6.10 Å². The molecule has 1 aliphatic heterocycles. The van der Waals surface area contributed by atoms with Crippen LogP contribution in [0, 0.1) is 11.6 Å². The van der Waals surface area contributed by atoms with Crippen molar-refractivity contribution in [2.45, 2.75) is 31.6 Å². The van der Waals surface area contributed by atoms with E-state index in [9.17, 15) is 18.4 Å². The molecule has 2 atom stereocenters. The fourth-order valence-corrected chi connectivity index (χ4v) is 1.96. The van der Waals surface area contributed by atoms with Crippen molar-refractivity contribution in [3.63, 3.8) is 0 Å². The molecular weight excluding hydrogens is 272 g/mol. The lowest BCUT2D eigenvalue weighted by Gasteiger charge is -2.12. The molecule has 1 saturated heterocycles. The zero-order valence-electron chi connectivity index (χ0n) is 10.4. The Balaban J connectivity index is 1.86. The summed E-state index contributed by atoms with van der Waals surface area (Å²) in [6.45, 7) is 0.0215. The first-order valence-electron chi connectivity index (χ1n) is 6.07. The Hall–Kier alpha value is -2.02. The standard InChI is InChI=1S/C13H13F2NO4/c14-8-2-1-7(5-9(8)15)6-16-12(17)10-3-4-11(20-10)13(18)19/h1-2,5,10-11H,3-4,6H2,(H,16,17)(H,18,19)/t10-,11+/m0/s1. The molecule has 1 aromatic rings. The van der Waals surface area contributed by atoms with Crippen LogP contribution >= 0.6 is 0 Å². The van der Waals surface area contributed by atoms with E-state index in [-0.39, 0.29) is 13.0 Å². The zero-order chi connectivity index (χ0) is 14.7. The molecule has 1 aliphatic rings. The number of carboxylic acids is 1. The maximum Gasteiger partial charge on any atom is 0.332 e. The van der Waals surface area contributed by atoms with Crippen LogP contribution < -0.4 is 5.32 Å². The van der Waals surface area contributed by atoms with Crippen molar-refractivity contribution in [2.75, 3.05) is 0 Å². The zero-order valence-corrected chi connectivity index (χ0v) is 10.4. The molecule has 0 spiro atoms. The Bertz CT molecular complexity index is 535. The summed E-state index contributed by atoms with van der Waals surface area (Å²) in [5.74, 6) is -3.50. The Morgan fingerprint density at radius 2 is 1.95 bits per heavy atom. The van der Waals surface area contributed by atoms with Gasteiger partial charge in [-0.25, -0.2) is 13.6 Å². The average molecular weight is 285 g/mol. The Labute approximate surface area is 113 Å². The summed E-state index contributed by atoms with van der Waals surface area (Å²) in [4.78, 5) is 22.4. The van der Waals surface area contributed by atoms with Gasteiger partial charge < -0.3 is 15.2 Å². The van der Waals surface area contributed by atoms with Crippen LogP contribution in [0.4, 0.5) is 8.78 Å². The molecular formula is C13H13F2NO4. The van der Waals surface area contributed by atoms with Gasteiger partial charge in [0.25, 0.3) is 0 Å². The number of ether oxygens (including phenoxy) is 1. The third-order valence-electron chi connectivity index (χ3n) is 3.04. The van der Waals surface area contributed by atoms with Crippen LogP contribution in [0.5, 0.6) is 0 Å². The van der Waals surface area contributed by atoms with E-state index in [1.807, 2.05) is 0 Å². The number of benzene rings is 1. The number of rotatable bonds is 4. The Morgan fingerprint density at radius 3 is 2.55 bits per heavy atom. The number of carboxylic acid groups (broad SMARTS) is 1. The van der Waals surface area contributed by atoms with E-state index in [4.69, 9.17) is 9.84 Å². The van der Waals surface area contributed by atoms with Gasteiger partial charge in [0.05, 0.1) is 0 Å². The molecule has 1 fully saturated rings. The Morgan fingerprint density at radius 1 is 1.25 bits per heavy atom. The van der Waals surface area contributed by atoms with Gasteiger partial charge in [0.15, 0.2) is 17.7 Å². The van der Waals surface area contributed by atoms with Gasteiger partial charge in [-0.15, -0.1) is 0 Å². The molecule has 7 heteroatoms. The van der Waals surface area contributed by atoms with E-state index in [2.05, 4.69) is 5.32 Å². The van der Waals surface area contributed by atoms with E-state index in [0.717, 1.165) is 12.1 Å². The predicted molar refractivity (Wildman–Crippen MR) is 63.7 cm³/mol. The number of aliphatic carboxylic acids is 1. The van der Waals surface area contributed by atoms with Crippen LogP contribution in [-0.4, -0.2) is 29.2 Å². The molecule has 0 radical (unpaired) electrons. The minimum Gasteiger partial charge on any atom is -0.479 e. The van der Waals surface area contributed by atoms with E-state index >= 15 is 0 Å². The van der Waals surface area contributed by atoms with Crippen molar-refractivity contribution in [1.29, 1.82) is 0 Å². The molecule has 0 aromatic heterocycles. The van der Waals surface area contributed by atoms with Gasteiger partial charge in [-0.2, -0.15) is 0 Å². The number of amides is 1. The van der Waals surface area contributed by atoms with Crippen LogP contribution in [0.3, 0.4) is 0 Å². The largest absolute Gasteiger partial charge is 0.479 e. The lowest BCUT2D eigenvalue weighted by atomic mass is 10.1. The lowest BCUT2D eigenvalue weighted by Crippen LogP contribution is -2.35. The second kappa shape index (κ2) is 5.96. The first-order valence-corrected chi connectivity index (χ1v) is 6.07. The number of hydrogen-bond donors (Lipinski definition) is 2. The molecule has 20 heavy (non-hydrogen) atoms. The highest BCUT2D eigenvalue weighted by Gasteiger charge is 2.34. The highest BCUT2D eigenvalue weighted by atomic mass is 19.2. The number of carbonyl (C=O) groups excluding carboxylic acids is 1. The first kappa shape index (κ1) is 14.4. The fraction of sp³-hybridized carbons (Fsp3) is 0.385. The third kappa shape index (κ3) is 3.30. The van der Waals surface area contributed by atoms with Gasteiger partial charge in [-0.3, -0.25) is 4.79 Å². The first-order chi connectivity index (χ1) is 9.47. The molecule has 1 aromatic carbocycles. The average Bonchev–Trinajstić information content (AvgIpc) is 2.89. The summed E-state index contributed by atoms with van der Waals surface area (Å²) >= 11 is 0. The quantitative estimate of drug-likeness (QED) is 0.872. The summed E-state index contributed by atoms with van der Waals surface area (Å²) in [7, 11) is 0. The van der Waals surface area contributed by atoms with Crippen LogP contribution in [0.15, 0.2) is 18.2 Å². The maximum absolute atomic E-state index is 13.0. The molecule has 2 N–H and O–H groups in total. The molecule has 1 amide bonds. The molecule has 0 aliphatic carbocycles. The highest BCUT2D eigenvalue weighted by Crippen LogP contribution is 2.20. The van der Waals surface area contributed by atoms with Crippen molar-refractivity contribution in [2.24, 2.45) is 0 Å². The fourth-order valence-electron chi connectivity index (χ4n) is 1.96. The molecule has 1 heterocycles. The van der Waals surface area contributed by atoms with Gasteiger partial charge in [0, 0.05) is 6.54 Å². The minimum absolute atomic E-state index is 0.0215. The molecule has 5 nitrogen and oxygen atoms in total. The van der Waals surface area contributed by atoms with Gasteiger partial charge >= 0.3 is 5.97 Å². The molecule has 0 saturated carbocycles. The van der Waals surface area contributed by atoms with Gasteiger partial charge in [-0.05, 0) is 30.5 Å². The summed E-state index contributed by atoms with van der Waals surface area (Å²) in [5, 5.41) is 11.2. The number of nitrogens with one attached hydrogen (secondary N) is 1. The SMILES string of the molecule is O=C(NCc1ccc(F)c(F)c1)[C@@H]1CC[C@H](C(=O)O)O1. The monoisotopic (exact) mass is 285 g/mol. The summed E-state index contributed by atoms with van der Waals surface area (Å²) in [6, 6.07) is 3.32. The second-order valence-corrected chi connectivity index (χ2v) is 4.50. The molecule has 2 rings (SSSR count). The molecule has 0 bridgehead atoms. The normalized spacial score (nSPS) is 21.7. The van der Waals surface area contributed by atoms with Gasteiger partial charge in [-0.1, -0.05) is 6.07 Å². The van der Waals surface area contributed by atoms with Crippen molar-refractivity contribution in [3.05, 3.63) is 35.4 Å². The lowest BCUT2D eigenvalue weighted by molar-refractivity contribution is -0.151. The van der Waals surface area contributed by atoms with E-state index in [0.29, 0.717) is 12.0 Å². The van der Waals surface area contributed by atoms with Crippen LogP contribution in [0.2, 0.25) is 0 Å². The van der Waals surface area contributed by atoms with Crippen molar-refractivity contribution in [3.8, 4) is 0 Å². The number of hydrogen-bond acceptors (Lipinski definition) is 3. The van der Waals surface area contributed by atoms with Gasteiger partial charge in [0.2, 0.25) is 5.91 Å². The predicted octanol–water partition coefficient (Wildman–Crippen LogP) is 1.21.